The molecule has 0 fully saturated rings. The predicted octanol–water partition coefficient (Wildman–Crippen LogP) is 6.14. The van der Waals surface area contributed by atoms with Gasteiger partial charge in [-0.2, -0.15) is 0 Å². The molecule has 5 rings (SSSR count). The van der Waals surface area contributed by atoms with Crippen LogP contribution in [0.25, 0.3) is 21.9 Å². The maximum atomic E-state index is 9.24. The maximum absolute atomic E-state index is 9.24. The molecule has 0 amide bonds. The summed E-state index contributed by atoms with van der Waals surface area (Å²) in [7, 11) is 0. The molecule has 0 aromatic heterocycles. The molecule has 4 aromatic rings. The van der Waals surface area contributed by atoms with E-state index < -0.39 is 0 Å². The van der Waals surface area contributed by atoms with Crippen molar-refractivity contribution in [3.8, 4) is 11.5 Å². The zero-order chi connectivity index (χ0) is 25.4. The quantitative estimate of drug-likeness (QED) is 0.280. The maximum Gasteiger partial charge on any atom is 0.125 e. The van der Waals surface area contributed by atoms with E-state index in [0.717, 1.165) is 44.9 Å². The van der Waals surface area contributed by atoms with Crippen LogP contribution in [0.2, 0.25) is 0 Å². The summed E-state index contributed by atoms with van der Waals surface area (Å²) in [4.78, 5) is 0. The molecule has 4 heteroatoms. The van der Waals surface area contributed by atoms with Gasteiger partial charge in [-0.1, -0.05) is 36.4 Å². The van der Waals surface area contributed by atoms with E-state index in [2.05, 4.69) is 88.4 Å². The second kappa shape index (κ2) is 9.81. The first-order chi connectivity index (χ1) is 17.4. The number of benzene rings is 4. The number of aliphatic hydroxyl groups excluding tert-OH is 2. The minimum Gasteiger partial charge on any atom is -0.491 e. The average Bonchev–Trinajstić information content (AvgIpc) is 3.19. The average molecular weight is 481 g/mol. The Labute approximate surface area is 212 Å². The van der Waals surface area contributed by atoms with Crippen molar-refractivity contribution in [2.24, 2.45) is 0 Å². The zero-order valence-corrected chi connectivity index (χ0v) is 21.3. The fraction of sp³-hybridized carbons (Fsp3) is 0.250. The van der Waals surface area contributed by atoms with E-state index in [1.165, 1.54) is 33.0 Å². The zero-order valence-electron chi connectivity index (χ0n) is 21.3. The van der Waals surface area contributed by atoms with E-state index in [-0.39, 0.29) is 26.4 Å². The summed E-state index contributed by atoms with van der Waals surface area (Å²) in [5.41, 5.74) is 11.4. The summed E-state index contributed by atoms with van der Waals surface area (Å²) in [6, 6.07) is 21.8. The molecule has 184 valence electrons. The summed E-state index contributed by atoms with van der Waals surface area (Å²) in [5, 5.41) is 21.0. The minimum absolute atomic E-state index is 0.00996. The van der Waals surface area contributed by atoms with Crippen molar-refractivity contribution in [2.45, 2.75) is 27.7 Å². The summed E-state index contributed by atoms with van der Waals surface area (Å²) < 4.78 is 11.7. The van der Waals surface area contributed by atoms with Crippen molar-refractivity contribution in [1.29, 1.82) is 0 Å². The SMILES string of the molecule is Cc1cc(C2=C(c3cc(C)c(OCCO)c(C)c3)c3cccc4cccc2c34)cc(C)c1OCCO. The van der Waals surface area contributed by atoms with Crippen LogP contribution in [0.5, 0.6) is 11.5 Å². The van der Waals surface area contributed by atoms with Crippen molar-refractivity contribution in [2.75, 3.05) is 26.4 Å². The highest BCUT2D eigenvalue weighted by Gasteiger charge is 2.27. The Morgan fingerprint density at radius 3 is 1.33 bits per heavy atom. The van der Waals surface area contributed by atoms with Crippen LogP contribution >= 0.6 is 0 Å². The van der Waals surface area contributed by atoms with Crippen LogP contribution in [-0.2, 0) is 0 Å². The van der Waals surface area contributed by atoms with Crippen molar-refractivity contribution in [3.05, 3.63) is 105 Å². The molecule has 0 spiro atoms. The van der Waals surface area contributed by atoms with E-state index in [1.807, 2.05) is 0 Å². The van der Waals surface area contributed by atoms with Gasteiger partial charge in [-0.05, 0) is 118 Å². The number of aliphatic hydroxyl groups is 2. The summed E-state index contributed by atoms with van der Waals surface area (Å²) in [6.45, 7) is 8.79. The highest BCUT2D eigenvalue weighted by molar-refractivity contribution is 6.20. The molecular formula is C32H32O4. The molecule has 2 N–H and O–H groups in total. The second-order valence-corrected chi connectivity index (χ2v) is 9.48. The van der Waals surface area contributed by atoms with Crippen LogP contribution in [0.3, 0.4) is 0 Å². The topological polar surface area (TPSA) is 58.9 Å². The van der Waals surface area contributed by atoms with Crippen LogP contribution in [0.1, 0.15) is 44.5 Å². The van der Waals surface area contributed by atoms with Crippen molar-refractivity contribution in [3.63, 3.8) is 0 Å². The lowest BCUT2D eigenvalue weighted by atomic mass is 9.89. The molecule has 0 bridgehead atoms. The Bertz CT molecular complexity index is 1340. The van der Waals surface area contributed by atoms with Crippen LogP contribution in [0.15, 0.2) is 60.7 Å². The van der Waals surface area contributed by atoms with Gasteiger partial charge in [-0.25, -0.2) is 0 Å². The molecule has 0 atom stereocenters. The Morgan fingerprint density at radius 2 is 0.972 bits per heavy atom. The van der Waals surface area contributed by atoms with Crippen molar-refractivity contribution in [1.82, 2.24) is 0 Å². The lowest BCUT2D eigenvalue weighted by Crippen LogP contribution is -2.05. The Balaban J connectivity index is 1.77. The lowest BCUT2D eigenvalue weighted by Gasteiger charge is -2.18. The van der Waals surface area contributed by atoms with Crippen LogP contribution in [0, 0.1) is 27.7 Å². The van der Waals surface area contributed by atoms with Crippen molar-refractivity contribution >= 4 is 21.9 Å². The standard InChI is InChI=1S/C32H32O4/c1-19-15-24(16-20(2)31(19)35-13-11-33)29-26-9-5-7-23-8-6-10-27(28(23)26)30(29)25-17-21(3)32(22(4)18-25)36-14-12-34/h5-10,15-18,33-34H,11-14H2,1-4H3. The molecule has 1 aliphatic carbocycles. The predicted molar refractivity (Wildman–Crippen MR) is 146 cm³/mol. The van der Waals surface area contributed by atoms with E-state index in [0.29, 0.717) is 0 Å². The smallest absolute Gasteiger partial charge is 0.125 e. The van der Waals surface area contributed by atoms with Gasteiger partial charge in [-0.15, -0.1) is 0 Å². The molecule has 1 aliphatic rings. The van der Waals surface area contributed by atoms with E-state index >= 15 is 0 Å². The first-order valence-corrected chi connectivity index (χ1v) is 12.4. The first kappa shape index (κ1) is 24.1. The molecule has 0 unspecified atom stereocenters. The van der Waals surface area contributed by atoms with Gasteiger partial charge in [0.25, 0.3) is 0 Å². The minimum atomic E-state index is -0.00996. The third kappa shape index (κ3) is 4.06. The monoisotopic (exact) mass is 480 g/mol. The lowest BCUT2D eigenvalue weighted by molar-refractivity contribution is 0.200. The summed E-state index contributed by atoms with van der Waals surface area (Å²) >= 11 is 0. The third-order valence-corrected chi connectivity index (χ3v) is 6.87. The third-order valence-electron chi connectivity index (χ3n) is 6.87. The summed E-state index contributed by atoms with van der Waals surface area (Å²) in [6.07, 6.45) is 0. The van der Waals surface area contributed by atoms with Gasteiger partial charge in [0.05, 0.1) is 13.2 Å². The van der Waals surface area contributed by atoms with E-state index in [1.54, 1.807) is 0 Å². The number of hydrogen-bond acceptors (Lipinski definition) is 4. The molecule has 4 nitrogen and oxygen atoms in total. The summed E-state index contributed by atoms with van der Waals surface area (Å²) in [5.74, 6) is 1.67. The normalized spacial score (nSPS) is 12.5. The van der Waals surface area contributed by atoms with Crippen molar-refractivity contribution < 1.29 is 19.7 Å². The fourth-order valence-corrected chi connectivity index (χ4v) is 5.57. The molecule has 4 aromatic carbocycles. The molecule has 36 heavy (non-hydrogen) atoms. The van der Waals surface area contributed by atoms with Gasteiger partial charge in [0.1, 0.15) is 24.7 Å². The molecule has 0 heterocycles. The van der Waals surface area contributed by atoms with E-state index in [9.17, 15) is 10.2 Å². The van der Waals surface area contributed by atoms with Gasteiger partial charge < -0.3 is 19.7 Å². The van der Waals surface area contributed by atoms with Gasteiger partial charge in [0, 0.05) is 0 Å². The van der Waals surface area contributed by atoms with Gasteiger partial charge >= 0.3 is 0 Å². The second-order valence-electron chi connectivity index (χ2n) is 9.48. The Hall–Kier alpha value is -3.60. The molecular weight excluding hydrogens is 448 g/mol. The number of rotatable bonds is 8. The largest absolute Gasteiger partial charge is 0.491 e. The highest BCUT2D eigenvalue weighted by atomic mass is 16.5. The molecule has 0 saturated carbocycles. The Kier molecular flexibility index (Phi) is 6.57. The van der Waals surface area contributed by atoms with Gasteiger partial charge in [0.15, 0.2) is 0 Å². The van der Waals surface area contributed by atoms with Gasteiger partial charge in [0.2, 0.25) is 0 Å². The number of hydrogen-bond donors (Lipinski definition) is 2. The first-order valence-electron chi connectivity index (χ1n) is 12.4. The molecule has 0 radical (unpaired) electrons. The number of aryl methyl sites for hydroxylation is 4. The van der Waals surface area contributed by atoms with Crippen LogP contribution < -0.4 is 9.47 Å². The van der Waals surface area contributed by atoms with Crippen LogP contribution in [-0.4, -0.2) is 36.6 Å². The van der Waals surface area contributed by atoms with Gasteiger partial charge in [-0.3, -0.25) is 0 Å². The molecule has 0 saturated heterocycles. The van der Waals surface area contributed by atoms with Crippen LogP contribution in [0.4, 0.5) is 0 Å². The molecule has 0 aliphatic heterocycles. The highest BCUT2D eigenvalue weighted by Crippen LogP contribution is 2.49. The van der Waals surface area contributed by atoms with E-state index in [4.69, 9.17) is 9.47 Å². The number of ether oxygens (including phenoxy) is 2. The Morgan fingerprint density at radius 1 is 0.583 bits per heavy atom. The fourth-order valence-electron chi connectivity index (χ4n) is 5.57.